The SMILES string of the molecule is NC(=O)n1nc(C=Cc2ccc(F)cc2)c2n[c]ccc21. The van der Waals surface area contributed by atoms with Gasteiger partial charge >= 0.3 is 6.03 Å². The van der Waals surface area contributed by atoms with Crippen LogP contribution < -0.4 is 5.73 Å². The number of fused-ring (bicyclic) bond motifs is 1. The smallest absolute Gasteiger partial charge is 0.340 e. The number of nitrogens with two attached hydrogens (primary N) is 1. The third-order valence-corrected chi connectivity index (χ3v) is 2.93. The lowest BCUT2D eigenvalue weighted by Crippen LogP contribution is -2.20. The minimum atomic E-state index is -0.686. The first-order valence-electron chi connectivity index (χ1n) is 6.14. The molecule has 5 nitrogen and oxygen atoms in total. The van der Waals surface area contributed by atoms with Gasteiger partial charge in [-0.3, -0.25) is 0 Å². The zero-order valence-electron chi connectivity index (χ0n) is 10.8. The lowest BCUT2D eigenvalue weighted by Gasteiger charge is -1.93. The highest BCUT2D eigenvalue weighted by molar-refractivity contribution is 5.92. The Kier molecular flexibility index (Phi) is 3.19. The Morgan fingerprint density at radius 2 is 2.00 bits per heavy atom. The van der Waals surface area contributed by atoms with E-state index in [9.17, 15) is 9.18 Å². The topological polar surface area (TPSA) is 73.8 Å². The van der Waals surface area contributed by atoms with Crippen LogP contribution in [0.4, 0.5) is 9.18 Å². The normalized spacial score (nSPS) is 11.3. The second kappa shape index (κ2) is 5.16. The van der Waals surface area contributed by atoms with E-state index in [1.54, 1.807) is 36.4 Å². The number of hydrogen-bond acceptors (Lipinski definition) is 3. The van der Waals surface area contributed by atoms with Crippen LogP contribution in [-0.2, 0) is 0 Å². The molecule has 6 heteroatoms. The number of benzene rings is 1. The van der Waals surface area contributed by atoms with Gasteiger partial charge in [0.25, 0.3) is 0 Å². The van der Waals surface area contributed by atoms with Crippen LogP contribution in [0, 0.1) is 12.0 Å². The summed E-state index contributed by atoms with van der Waals surface area (Å²) in [6.07, 6.45) is 6.14. The van der Waals surface area contributed by atoms with Crippen molar-refractivity contribution in [3.63, 3.8) is 0 Å². The average Bonchev–Trinajstić information content (AvgIpc) is 2.86. The fourth-order valence-electron chi connectivity index (χ4n) is 1.95. The fourth-order valence-corrected chi connectivity index (χ4v) is 1.95. The molecule has 103 valence electrons. The molecule has 2 N–H and O–H groups in total. The number of pyridine rings is 1. The van der Waals surface area contributed by atoms with Gasteiger partial charge in [-0.05, 0) is 35.9 Å². The van der Waals surface area contributed by atoms with E-state index in [1.165, 1.54) is 12.1 Å². The van der Waals surface area contributed by atoms with Crippen molar-refractivity contribution < 1.29 is 9.18 Å². The summed E-state index contributed by atoms with van der Waals surface area (Å²) in [5, 5.41) is 4.12. The molecule has 1 radical (unpaired) electrons. The van der Waals surface area contributed by atoms with Crippen molar-refractivity contribution in [3.05, 3.63) is 59.7 Å². The van der Waals surface area contributed by atoms with Gasteiger partial charge in [-0.15, -0.1) is 0 Å². The molecule has 0 aliphatic carbocycles. The molecule has 1 amide bonds. The monoisotopic (exact) mass is 281 g/mol. The van der Waals surface area contributed by atoms with Crippen molar-refractivity contribution in [3.8, 4) is 0 Å². The molecule has 0 unspecified atom stereocenters. The van der Waals surface area contributed by atoms with Crippen molar-refractivity contribution in [1.29, 1.82) is 0 Å². The van der Waals surface area contributed by atoms with Crippen LogP contribution in [0.1, 0.15) is 11.3 Å². The largest absolute Gasteiger partial charge is 0.350 e. The maximum atomic E-state index is 12.8. The highest BCUT2D eigenvalue weighted by Crippen LogP contribution is 2.17. The summed E-state index contributed by atoms with van der Waals surface area (Å²) in [6, 6.07) is 8.57. The van der Waals surface area contributed by atoms with E-state index in [-0.39, 0.29) is 5.82 Å². The summed E-state index contributed by atoms with van der Waals surface area (Å²) in [6.45, 7) is 0. The van der Waals surface area contributed by atoms with Crippen LogP contribution in [0.25, 0.3) is 23.2 Å². The second-order valence-electron chi connectivity index (χ2n) is 4.33. The van der Waals surface area contributed by atoms with Crippen LogP contribution in [-0.4, -0.2) is 20.8 Å². The van der Waals surface area contributed by atoms with E-state index in [0.717, 1.165) is 10.2 Å². The first kappa shape index (κ1) is 13.0. The van der Waals surface area contributed by atoms with Gasteiger partial charge in [0.2, 0.25) is 0 Å². The fraction of sp³-hybridized carbons (Fsp3) is 0. The highest BCUT2D eigenvalue weighted by Gasteiger charge is 2.12. The summed E-state index contributed by atoms with van der Waals surface area (Å²) in [7, 11) is 0. The van der Waals surface area contributed by atoms with Crippen LogP contribution in [0.5, 0.6) is 0 Å². The lowest BCUT2D eigenvalue weighted by atomic mass is 10.2. The standard InChI is InChI=1S/C15H10FN4O/c16-11-6-3-10(4-7-11)5-8-12-14-13(2-1-9-18-14)20(19-12)15(17)21/h1-8H,(H2,17,21). The predicted octanol–water partition coefficient (Wildman–Crippen LogP) is 2.47. The molecule has 2 aromatic heterocycles. The molecule has 1 aromatic carbocycles. The first-order valence-corrected chi connectivity index (χ1v) is 6.14. The van der Waals surface area contributed by atoms with E-state index in [4.69, 9.17) is 5.73 Å². The number of amides is 1. The van der Waals surface area contributed by atoms with Gasteiger partial charge in [-0.2, -0.15) is 9.78 Å². The molecule has 2 heterocycles. The van der Waals surface area contributed by atoms with E-state index in [0.29, 0.717) is 16.7 Å². The second-order valence-corrected chi connectivity index (χ2v) is 4.33. The Hall–Kier alpha value is -3.02. The Morgan fingerprint density at radius 3 is 2.71 bits per heavy atom. The first-order chi connectivity index (χ1) is 10.1. The average molecular weight is 281 g/mol. The van der Waals surface area contributed by atoms with E-state index in [1.807, 2.05) is 0 Å². The minimum Gasteiger partial charge on any atom is -0.350 e. The molecule has 21 heavy (non-hydrogen) atoms. The summed E-state index contributed by atoms with van der Waals surface area (Å²) < 4.78 is 13.9. The molecular weight excluding hydrogens is 271 g/mol. The molecule has 0 saturated carbocycles. The molecule has 0 aliphatic rings. The number of aromatic nitrogens is 3. The van der Waals surface area contributed by atoms with Gasteiger partial charge in [0.05, 0.1) is 11.7 Å². The zero-order chi connectivity index (χ0) is 14.8. The van der Waals surface area contributed by atoms with Crippen molar-refractivity contribution in [1.82, 2.24) is 14.8 Å². The zero-order valence-corrected chi connectivity index (χ0v) is 10.8. The molecule has 0 saturated heterocycles. The number of primary amides is 1. The molecular formula is C15H10FN4O. The number of halogens is 1. The maximum Gasteiger partial charge on any atom is 0.340 e. The van der Waals surface area contributed by atoms with Gasteiger partial charge in [0, 0.05) is 0 Å². The van der Waals surface area contributed by atoms with Crippen LogP contribution >= 0.6 is 0 Å². The van der Waals surface area contributed by atoms with Crippen molar-refractivity contribution >= 4 is 29.2 Å². The number of carbonyl (C=O) groups excluding carboxylic acids is 1. The highest BCUT2D eigenvalue weighted by atomic mass is 19.1. The van der Waals surface area contributed by atoms with Crippen molar-refractivity contribution in [2.24, 2.45) is 5.73 Å². The lowest BCUT2D eigenvalue weighted by molar-refractivity contribution is 0.248. The third kappa shape index (κ3) is 2.51. The predicted molar refractivity (Wildman–Crippen MR) is 76.7 cm³/mol. The summed E-state index contributed by atoms with van der Waals surface area (Å²) >= 11 is 0. The van der Waals surface area contributed by atoms with Crippen LogP contribution in [0.3, 0.4) is 0 Å². The Balaban J connectivity index is 2.04. The maximum absolute atomic E-state index is 12.8. The van der Waals surface area contributed by atoms with Gasteiger partial charge in [0.15, 0.2) is 0 Å². The number of carbonyl (C=O) groups is 1. The number of hydrogen-bond donors (Lipinski definition) is 1. The van der Waals surface area contributed by atoms with Gasteiger partial charge in [0.1, 0.15) is 17.0 Å². The van der Waals surface area contributed by atoms with E-state index < -0.39 is 6.03 Å². The van der Waals surface area contributed by atoms with Crippen LogP contribution in [0.2, 0.25) is 0 Å². The molecule has 0 spiro atoms. The Labute approximate surface area is 119 Å². The quantitative estimate of drug-likeness (QED) is 0.784. The molecule has 0 bridgehead atoms. The van der Waals surface area contributed by atoms with Crippen molar-refractivity contribution in [2.75, 3.05) is 0 Å². The molecule has 0 atom stereocenters. The van der Waals surface area contributed by atoms with Gasteiger partial charge in [-0.25, -0.2) is 14.2 Å². The molecule has 3 aromatic rings. The summed E-state index contributed by atoms with van der Waals surface area (Å²) in [5.74, 6) is -0.299. The minimum absolute atomic E-state index is 0.299. The Bertz CT molecular complexity index is 837. The van der Waals surface area contributed by atoms with Crippen molar-refractivity contribution in [2.45, 2.75) is 0 Å². The van der Waals surface area contributed by atoms with E-state index in [2.05, 4.69) is 16.3 Å². The number of rotatable bonds is 2. The van der Waals surface area contributed by atoms with Crippen LogP contribution in [0.15, 0.2) is 36.4 Å². The Morgan fingerprint density at radius 1 is 1.24 bits per heavy atom. The third-order valence-electron chi connectivity index (χ3n) is 2.93. The summed E-state index contributed by atoms with van der Waals surface area (Å²) in [5.41, 5.74) is 7.61. The van der Waals surface area contributed by atoms with Gasteiger partial charge < -0.3 is 5.73 Å². The number of nitrogens with zero attached hydrogens (tertiary/aromatic N) is 3. The summed E-state index contributed by atoms with van der Waals surface area (Å²) in [4.78, 5) is 15.4. The van der Waals surface area contributed by atoms with E-state index >= 15 is 0 Å². The molecule has 0 fully saturated rings. The molecule has 0 aliphatic heterocycles. The molecule has 3 rings (SSSR count). The van der Waals surface area contributed by atoms with Gasteiger partial charge in [-0.1, -0.05) is 18.2 Å².